The highest BCUT2D eigenvalue weighted by Gasteiger charge is 2.36. The van der Waals surface area contributed by atoms with E-state index in [-0.39, 0.29) is 5.41 Å². The predicted molar refractivity (Wildman–Crippen MR) is 227 cm³/mol. The van der Waals surface area contributed by atoms with Gasteiger partial charge in [0.15, 0.2) is 11.5 Å². The minimum Gasteiger partial charge on any atom is -0.453 e. The fraction of sp³-hybridized carbons (Fsp3) is 0.0588. The Morgan fingerprint density at radius 2 is 1.00 bits per heavy atom. The molecule has 0 spiro atoms. The van der Waals surface area contributed by atoms with Gasteiger partial charge in [-0.25, -0.2) is 0 Å². The van der Waals surface area contributed by atoms with Gasteiger partial charge in [0.2, 0.25) is 0 Å². The monoisotopic (exact) mass is 705 g/mol. The summed E-state index contributed by atoms with van der Waals surface area (Å²) in [5, 5.41) is 4.90. The molecule has 10 aromatic rings. The van der Waals surface area contributed by atoms with Crippen molar-refractivity contribution < 1.29 is 4.74 Å². The summed E-state index contributed by atoms with van der Waals surface area (Å²) in [4.78, 5) is 2.45. The summed E-state index contributed by atoms with van der Waals surface area (Å²) in [5.41, 5.74) is 15.3. The highest BCUT2D eigenvalue weighted by Crippen LogP contribution is 2.53. The van der Waals surface area contributed by atoms with Crippen LogP contribution in [0.3, 0.4) is 0 Å². The number of aromatic nitrogens is 2. The van der Waals surface area contributed by atoms with Gasteiger partial charge in [-0.3, -0.25) is 0 Å². The summed E-state index contributed by atoms with van der Waals surface area (Å²) in [5.74, 6) is 1.75. The lowest BCUT2D eigenvalue weighted by molar-refractivity contribution is 0.477. The van der Waals surface area contributed by atoms with E-state index in [2.05, 4.69) is 204 Å². The smallest absolute Gasteiger partial charge is 0.152 e. The third-order valence-electron chi connectivity index (χ3n) is 12.1. The van der Waals surface area contributed by atoms with Gasteiger partial charge in [-0.05, 0) is 83.4 Å². The minimum absolute atomic E-state index is 0.103. The SMILES string of the molecule is CC1(C)c2ccccc2N(c2ccc3c(c2)c2ccccc2n3-c2ccc(-c3cccc4c3-n3c5ccccc5c5cccc(c53)O4)cc2)c2ccccc21. The van der Waals surface area contributed by atoms with Crippen molar-refractivity contribution in [2.24, 2.45) is 0 Å². The molecule has 0 atom stereocenters. The molecule has 0 N–H and O–H groups in total. The van der Waals surface area contributed by atoms with Gasteiger partial charge < -0.3 is 18.8 Å². The molecule has 0 aliphatic carbocycles. The second kappa shape index (κ2) is 11.0. The topological polar surface area (TPSA) is 22.3 Å². The number of benzene rings is 8. The van der Waals surface area contributed by atoms with Crippen LogP contribution in [0, 0.1) is 0 Å². The molecule has 55 heavy (non-hydrogen) atoms. The second-order valence-corrected chi connectivity index (χ2v) is 15.4. The van der Waals surface area contributed by atoms with Crippen LogP contribution in [0.2, 0.25) is 0 Å². The molecule has 2 aliphatic heterocycles. The average Bonchev–Trinajstić information content (AvgIpc) is 3.75. The number of ether oxygens (including phenoxy) is 1. The molecule has 12 rings (SSSR count). The summed E-state index contributed by atoms with van der Waals surface area (Å²) < 4.78 is 11.4. The van der Waals surface area contributed by atoms with Crippen molar-refractivity contribution in [2.45, 2.75) is 19.3 Å². The van der Waals surface area contributed by atoms with Crippen LogP contribution in [-0.4, -0.2) is 9.13 Å². The number of hydrogen-bond acceptors (Lipinski definition) is 2. The van der Waals surface area contributed by atoms with Crippen LogP contribution < -0.4 is 9.64 Å². The summed E-state index contributed by atoms with van der Waals surface area (Å²) >= 11 is 0. The van der Waals surface area contributed by atoms with Gasteiger partial charge in [0.25, 0.3) is 0 Å². The van der Waals surface area contributed by atoms with Crippen molar-refractivity contribution in [1.29, 1.82) is 0 Å². The Balaban J connectivity index is 1.01. The van der Waals surface area contributed by atoms with E-state index in [9.17, 15) is 0 Å². The van der Waals surface area contributed by atoms with Gasteiger partial charge >= 0.3 is 0 Å². The Morgan fingerprint density at radius 3 is 1.75 bits per heavy atom. The van der Waals surface area contributed by atoms with Crippen LogP contribution in [0.4, 0.5) is 17.1 Å². The first-order valence-corrected chi connectivity index (χ1v) is 19.0. The van der Waals surface area contributed by atoms with Crippen molar-refractivity contribution >= 4 is 60.7 Å². The van der Waals surface area contributed by atoms with E-state index in [0.29, 0.717) is 0 Å². The largest absolute Gasteiger partial charge is 0.453 e. The normalized spacial score (nSPS) is 13.9. The molecule has 4 nitrogen and oxygen atoms in total. The highest BCUT2D eigenvalue weighted by atomic mass is 16.5. The van der Waals surface area contributed by atoms with Gasteiger partial charge in [0.05, 0.1) is 39.1 Å². The number of rotatable bonds is 3. The first-order valence-electron chi connectivity index (χ1n) is 19.0. The van der Waals surface area contributed by atoms with Crippen LogP contribution in [0.25, 0.3) is 66.1 Å². The lowest BCUT2D eigenvalue weighted by Crippen LogP contribution is -2.30. The molecule has 2 aromatic heterocycles. The summed E-state index contributed by atoms with van der Waals surface area (Å²) in [7, 11) is 0. The highest BCUT2D eigenvalue weighted by molar-refractivity contribution is 6.13. The van der Waals surface area contributed by atoms with E-state index in [0.717, 1.165) is 45.2 Å². The Hall–Kier alpha value is -7.04. The van der Waals surface area contributed by atoms with E-state index in [1.54, 1.807) is 0 Å². The predicted octanol–water partition coefficient (Wildman–Crippen LogP) is 13.8. The van der Waals surface area contributed by atoms with Crippen LogP contribution in [0.1, 0.15) is 25.0 Å². The van der Waals surface area contributed by atoms with E-state index in [1.807, 2.05) is 0 Å². The van der Waals surface area contributed by atoms with E-state index in [4.69, 9.17) is 4.74 Å². The van der Waals surface area contributed by atoms with Crippen molar-refractivity contribution in [1.82, 2.24) is 9.13 Å². The van der Waals surface area contributed by atoms with Gasteiger partial charge in [-0.2, -0.15) is 0 Å². The molecule has 0 saturated carbocycles. The molecule has 2 aliphatic rings. The molecule has 260 valence electrons. The summed E-state index contributed by atoms with van der Waals surface area (Å²) in [6, 6.07) is 63.9. The fourth-order valence-electron chi connectivity index (χ4n) is 9.60. The number of para-hydroxylation sites is 6. The summed E-state index contributed by atoms with van der Waals surface area (Å²) in [6.45, 7) is 4.68. The molecule has 0 fully saturated rings. The maximum absolute atomic E-state index is 6.59. The number of anilines is 3. The van der Waals surface area contributed by atoms with Crippen molar-refractivity contribution in [3.05, 3.63) is 187 Å². The molecule has 0 radical (unpaired) electrons. The maximum Gasteiger partial charge on any atom is 0.152 e. The number of nitrogens with zero attached hydrogens (tertiary/aromatic N) is 3. The molecule has 0 unspecified atom stereocenters. The molecule has 0 bridgehead atoms. The van der Waals surface area contributed by atoms with Gasteiger partial charge in [-0.15, -0.1) is 0 Å². The number of hydrogen-bond donors (Lipinski definition) is 0. The van der Waals surface area contributed by atoms with Crippen LogP contribution >= 0.6 is 0 Å². The van der Waals surface area contributed by atoms with Crippen molar-refractivity contribution in [3.63, 3.8) is 0 Å². The third kappa shape index (κ3) is 4.11. The molecular formula is C51H35N3O. The Kier molecular flexibility index (Phi) is 6.09. The second-order valence-electron chi connectivity index (χ2n) is 15.4. The van der Waals surface area contributed by atoms with E-state index >= 15 is 0 Å². The molecule has 8 aromatic carbocycles. The number of fused-ring (bicyclic) bond motifs is 10. The standard InChI is InChI=1S/C51H35N3O/c1-51(2)40-17-5-9-21-45(40)53(46-22-10-6-18-41(46)51)34-29-30-44-39(31-34)37-14-4-7-19-42(37)52(44)33-27-25-32(26-28-33)35-15-11-23-47-49(35)54-43-20-8-3-13-36(43)38-16-12-24-48(55-47)50(38)54/h3-31H,1-2H3. The lowest BCUT2D eigenvalue weighted by atomic mass is 9.73. The fourth-order valence-corrected chi connectivity index (χ4v) is 9.60. The Morgan fingerprint density at radius 1 is 0.436 bits per heavy atom. The first kappa shape index (κ1) is 30.4. The molecular weight excluding hydrogens is 671 g/mol. The zero-order chi connectivity index (χ0) is 36.4. The van der Waals surface area contributed by atoms with Gasteiger partial charge in [-0.1, -0.05) is 123 Å². The molecule has 0 saturated heterocycles. The summed E-state index contributed by atoms with van der Waals surface area (Å²) in [6.07, 6.45) is 0. The average molecular weight is 706 g/mol. The Labute approximate surface area is 318 Å². The minimum atomic E-state index is -0.103. The van der Waals surface area contributed by atoms with Gasteiger partial charge in [0.1, 0.15) is 0 Å². The quantitative estimate of drug-likeness (QED) is 0.183. The zero-order valence-corrected chi connectivity index (χ0v) is 30.5. The molecule has 0 amide bonds. The van der Waals surface area contributed by atoms with Crippen LogP contribution in [-0.2, 0) is 5.41 Å². The first-order chi connectivity index (χ1) is 27.1. The van der Waals surface area contributed by atoms with Gasteiger partial charge in [0, 0.05) is 43.9 Å². The van der Waals surface area contributed by atoms with Crippen LogP contribution in [0.5, 0.6) is 11.5 Å². The Bertz CT molecular complexity index is 3170. The molecule has 4 heterocycles. The lowest BCUT2D eigenvalue weighted by Gasteiger charge is -2.42. The van der Waals surface area contributed by atoms with Crippen LogP contribution in [0.15, 0.2) is 176 Å². The molecule has 4 heteroatoms. The zero-order valence-electron chi connectivity index (χ0n) is 30.5. The third-order valence-corrected chi connectivity index (χ3v) is 12.1. The maximum atomic E-state index is 6.59. The van der Waals surface area contributed by atoms with E-state index in [1.165, 1.54) is 60.6 Å². The van der Waals surface area contributed by atoms with Crippen molar-refractivity contribution in [2.75, 3.05) is 4.90 Å². The van der Waals surface area contributed by atoms with Crippen molar-refractivity contribution in [3.8, 4) is 34.0 Å². The van der Waals surface area contributed by atoms with E-state index < -0.39 is 0 Å².